The largest absolute Gasteiger partial charge is 0.459 e. The second-order valence-corrected chi connectivity index (χ2v) is 6.58. The summed E-state index contributed by atoms with van der Waals surface area (Å²) in [5.41, 5.74) is 1.92. The van der Waals surface area contributed by atoms with Crippen molar-refractivity contribution < 1.29 is 9.53 Å². The number of nitriles is 1. The van der Waals surface area contributed by atoms with Gasteiger partial charge in [0.05, 0.1) is 11.6 Å². The van der Waals surface area contributed by atoms with Gasteiger partial charge in [0.25, 0.3) is 0 Å². The molecule has 128 valence electrons. The number of hydrogen-bond donors (Lipinski definition) is 0. The van der Waals surface area contributed by atoms with E-state index in [-0.39, 0.29) is 12.1 Å². The van der Waals surface area contributed by atoms with Crippen molar-refractivity contribution in [1.29, 1.82) is 5.26 Å². The topological polar surface area (TPSA) is 50.1 Å². The number of carbonyl (C=O) groups is 1. The molecule has 1 fully saturated rings. The fourth-order valence-electron chi connectivity index (χ4n) is 3.18. The predicted molar refractivity (Wildman–Crippen MR) is 95.6 cm³/mol. The number of nitrogens with zero attached hydrogens (tertiary/aromatic N) is 1. The minimum atomic E-state index is -0.217. The second-order valence-electron chi connectivity index (χ2n) is 6.58. The zero-order valence-corrected chi connectivity index (χ0v) is 14.5. The van der Waals surface area contributed by atoms with Crippen molar-refractivity contribution >= 4 is 5.97 Å². The first kappa shape index (κ1) is 18.3. The molecule has 2 rings (SSSR count). The Labute approximate surface area is 145 Å². The number of rotatable bonds is 7. The summed E-state index contributed by atoms with van der Waals surface area (Å²) in [7, 11) is 0. The molecular weight excluding hydrogens is 298 g/mol. The smallest absolute Gasteiger partial charge is 0.338 e. The van der Waals surface area contributed by atoms with Crippen molar-refractivity contribution in [1.82, 2.24) is 0 Å². The molecule has 0 spiro atoms. The molecular formula is C21H27NO2. The molecule has 24 heavy (non-hydrogen) atoms. The van der Waals surface area contributed by atoms with Gasteiger partial charge in [-0.05, 0) is 62.1 Å². The van der Waals surface area contributed by atoms with Gasteiger partial charge in [0.2, 0.25) is 0 Å². The number of hydrogen-bond acceptors (Lipinski definition) is 3. The van der Waals surface area contributed by atoms with Crippen LogP contribution in [0.4, 0.5) is 0 Å². The summed E-state index contributed by atoms with van der Waals surface area (Å²) in [4.78, 5) is 12.3. The lowest BCUT2D eigenvalue weighted by molar-refractivity contribution is 0.0185. The molecule has 0 unspecified atom stereocenters. The van der Waals surface area contributed by atoms with E-state index in [4.69, 9.17) is 10.00 Å². The lowest BCUT2D eigenvalue weighted by Crippen LogP contribution is -2.24. The minimum Gasteiger partial charge on any atom is -0.459 e. The number of ether oxygens (including phenoxy) is 1. The van der Waals surface area contributed by atoms with Crippen LogP contribution < -0.4 is 0 Å². The van der Waals surface area contributed by atoms with E-state index in [9.17, 15) is 4.79 Å². The van der Waals surface area contributed by atoms with Gasteiger partial charge >= 0.3 is 5.97 Å². The van der Waals surface area contributed by atoms with E-state index in [0.29, 0.717) is 11.5 Å². The maximum absolute atomic E-state index is 12.3. The van der Waals surface area contributed by atoms with Crippen LogP contribution in [0, 0.1) is 17.2 Å². The van der Waals surface area contributed by atoms with Gasteiger partial charge < -0.3 is 4.74 Å². The molecule has 0 saturated heterocycles. The molecule has 0 amide bonds. The molecule has 1 aliphatic carbocycles. The Hall–Kier alpha value is -2.08. The quantitative estimate of drug-likeness (QED) is 0.392. The van der Waals surface area contributed by atoms with Crippen LogP contribution in [-0.4, -0.2) is 12.1 Å². The standard InChI is InChI=1S/C21H27NO2/c1-2-3-4-6-17-8-12-19(13-9-17)21(23)24-20-14-10-18(11-15-20)7-5-16-22/h5,7-9,12-13,18,20H,2-4,6,10-11,14-15H2,1H3/b7-5+. The van der Waals surface area contributed by atoms with Gasteiger partial charge in [-0.25, -0.2) is 4.79 Å². The summed E-state index contributed by atoms with van der Waals surface area (Å²) in [5, 5.41) is 8.57. The maximum atomic E-state index is 12.3. The number of carbonyl (C=O) groups excluding carboxylic acids is 1. The van der Waals surface area contributed by atoms with E-state index in [0.717, 1.165) is 32.1 Å². The summed E-state index contributed by atoms with van der Waals surface area (Å²) >= 11 is 0. The highest BCUT2D eigenvalue weighted by molar-refractivity contribution is 5.89. The molecule has 0 aliphatic heterocycles. The van der Waals surface area contributed by atoms with Gasteiger partial charge in [-0.2, -0.15) is 5.26 Å². The number of aryl methyl sites for hydroxylation is 1. The minimum absolute atomic E-state index is 0.00784. The Kier molecular flexibility index (Phi) is 7.55. The molecule has 1 aromatic rings. The molecule has 0 heterocycles. The number of unbranched alkanes of at least 4 members (excludes halogenated alkanes) is 2. The zero-order chi connectivity index (χ0) is 17.2. The third-order valence-corrected chi connectivity index (χ3v) is 4.69. The highest BCUT2D eigenvalue weighted by atomic mass is 16.5. The van der Waals surface area contributed by atoms with Gasteiger partial charge in [0.15, 0.2) is 0 Å². The molecule has 3 nitrogen and oxygen atoms in total. The number of esters is 1. The summed E-state index contributed by atoms with van der Waals surface area (Å²) < 4.78 is 5.64. The normalized spacial score (nSPS) is 20.7. The molecule has 0 N–H and O–H groups in total. The van der Waals surface area contributed by atoms with E-state index < -0.39 is 0 Å². The van der Waals surface area contributed by atoms with E-state index in [1.165, 1.54) is 24.8 Å². The van der Waals surface area contributed by atoms with E-state index in [1.807, 2.05) is 36.4 Å². The first-order valence-corrected chi connectivity index (χ1v) is 9.09. The Morgan fingerprint density at radius 3 is 2.54 bits per heavy atom. The predicted octanol–water partition coefficient (Wildman–Crippen LogP) is 5.21. The van der Waals surface area contributed by atoms with Gasteiger partial charge in [0.1, 0.15) is 6.10 Å². The first-order chi connectivity index (χ1) is 11.7. The highest BCUT2D eigenvalue weighted by Gasteiger charge is 2.23. The van der Waals surface area contributed by atoms with E-state index >= 15 is 0 Å². The van der Waals surface area contributed by atoms with Crippen LogP contribution in [-0.2, 0) is 11.2 Å². The molecule has 1 saturated carbocycles. The van der Waals surface area contributed by atoms with Crippen molar-refractivity contribution in [2.75, 3.05) is 0 Å². The first-order valence-electron chi connectivity index (χ1n) is 9.09. The molecule has 0 atom stereocenters. The summed E-state index contributed by atoms with van der Waals surface area (Å²) in [6, 6.07) is 9.87. The Balaban J connectivity index is 1.78. The average Bonchev–Trinajstić information content (AvgIpc) is 2.62. The van der Waals surface area contributed by atoms with Crippen molar-refractivity contribution in [2.45, 2.75) is 64.4 Å². The monoisotopic (exact) mass is 325 g/mol. The van der Waals surface area contributed by atoms with Crippen LogP contribution in [0.5, 0.6) is 0 Å². The summed E-state index contributed by atoms with van der Waals surface area (Å²) in [5.74, 6) is 0.230. The SMILES string of the molecule is CCCCCc1ccc(C(=O)OC2CCC(/C=C/C#N)CC2)cc1. The second kappa shape index (κ2) is 9.93. The Bertz CT molecular complexity index is 575. The fraction of sp³-hybridized carbons (Fsp3) is 0.524. The van der Waals surface area contributed by atoms with Crippen LogP contribution in [0.25, 0.3) is 0 Å². The van der Waals surface area contributed by atoms with Gasteiger partial charge in [-0.15, -0.1) is 0 Å². The highest BCUT2D eigenvalue weighted by Crippen LogP contribution is 2.27. The van der Waals surface area contributed by atoms with Crippen LogP contribution in [0.3, 0.4) is 0 Å². The number of allylic oxidation sites excluding steroid dienone is 2. The molecule has 1 aromatic carbocycles. The molecule has 1 aliphatic rings. The van der Waals surface area contributed by atoms with Crippen molar-refractivity contribution in [3.8, 4) is 6.07 Å². The van der Waals surface area contributed by atoms with Crippen LogP contribution in [0.2, 0.25) is 0 Å². The van der Waals surface area contributed by atoms with Crippen molar-refractivity contribution in [3.05, 3.63) is 47.5 Å². The van der Waals surface area contributed by atoms with Crippen LogP contribution in [0.1, 0.15) is 67.8 Å². The van der Waals surface area contributed by atoms with E-state index in [1.54, 1.807) is 6.08 Å². The van der Waals surface area contributed by atoms with E-state index in [2.05, 4.69) is 6.92 Å². The summed E-state index contributed by atoms with van der Waals surface area (Å²) in [6.45, 7) is 2.20. The van der Waals surface area contributed by atoms with Gasteiger partial charge in [0, 0.05) is 6.08 Å². The lowest BCUT2D eigenvalue weighted by Gasteiger charge is -2.26. The molecule has 0 radical (unpaired) electrons. The molecule has 0 bridgehead atoms. The Morgan fingerprint density at radius 2 is 1.92 bits per heavy atom. The zero-order valence-electron chi connectivity index (χ0n) is 14.5. The molecule has 3 heteroatoms. The third kappa shape index (κ3) is 5.85. The van der Waals surface area contributed by atoms with Crippen LogP contribution in [0.15, 0.2) is 36.4 Å². The maximum Gasteiger partial charge on any atom is 0.338 e. The fourth-order valence-corrected chi connectivity index (χ4v) is 3.18. The third-order valence-electron chi connectivity index (χ3n) is 4.69. The van der Waals surface area contributed by atoms with Crippen molar-refractivity contribution in [2.24, 2.45) is 5.92 Å². The van der Waals surface area contributed by atoms with Crippen molar-refractivity contribution in [3.63, 3.8) is 0 Å². The summed E-state index contributed by atoms with van der Waals surface area (Å²) in [6.07, 6.45) is 12.0. The number of benzene rings is 1. The Morgan fingerprint density at radius 1 is 1.21 bits per heavy atom. The lowest BCUT2D eigenvalue weighted by atomic mass is 9.87. The average molecular weight is 325 g/mol. The van der Waals surface area contributed by atoms with Gasteiger partial charge in [-0.1, -0.05) is 38.0 Å². The van der Waals surface area contributed by atoms with Gasteiger partial charge in [-0.3, -0.25) is 0 Å². The molecule has 0 aromatic heterocycles. The van der Waals surface area contributed by atoms with Crippen LogP contribution >= 0.6 is 0 Å².